The molecule has 0 saturated carbocycles. The van der Waals surface area contributed by atoms with Gasteiger partial charge in [0.05, 0.1) is 14.2 Å². The molecule has 1 aliphatic heterocycles. The Kier molecular flexibility index (Phi) is 5.40. The molecule has 1 unspecified atom stereocenters. The van der Waals surface area contributed by atoms with Crippen LogP contribution >= 0.6 is 12.2 Å². The first-order valence-corrected chi connectivity index (χ1v) is 9.71. The summed E-state index contributed by atoms with van der Waals surface area (Å²) in [5.74, 6) is 1.19. The molecule has 3 aromatic rings. The molecular weight excluding hydrogens is 389 g/mol. The van der Waals surface area contributed by atoms with Crippen LogP contribution in [0, 0.1) is 5.82 Å². The van der Waals surface area contributed by atoms with Gasteiger partial charge in [0.1, 0.15) is 23.4 Å². The van der Waals surface area contributed by atoms with Crippen LogP contribution in [0.3, 0.4) is 0 Å². The Hall–Kier alpha value is -3.06. The number of rotatable bonds is 4. The Morgan fingerprint density at radius 2 is 1.93 bits per heavy atom. The Labute approximate surface area is 174 Å². The number of benzene rings is 2. The van der Waals surface area contributed by atoms with Crippen LogP contribution in [0.5, 0.6) is 11.5 Å². The van der Waals surface area contributed by atoms with Gasteiger partial charge in [-0.25, -0.2) is 4.39 Å². The number of anilines is 1. The van der Waals surface area contributed by atoms with Crippen molar-refractivity contribution >= 4 is 23.0 Å². The number of aromatic nitrogens is 1. The third-order valence-electron chi connectivity index (χ3n) is 5.11. The van der Waals surface area contributed by atoms with Crippen LogP contribution in [-0.4, -0.2) is 35.3 Å². The fraction of sp³-hybridized carbons (Fsp3) is 0.227. The molecule has 0 bridgehead atoms. The van der Waals surface area contributed by atoms with Gasteiger partial charge in [-0.15, -0.1) is 0 Å². The van der Waals surface area contributed by atoms with Crippen LogP contribution in [0.25, 0.3) is 0 Å². The minimum atomic E-state index is -0.309. The molecule has 4 rings (SSSR count). The number of thiocarbonyl (C=S) groups is 1. The van der Waals surface area contributed by atoms with Gasteiger partial charge in [0.2, 0.25) is 0 Å². The predicted octanol–water partition coefficient (Wildman–Crippen LogP) is 4.45. The van der Waals surface area contributed by atoms with Gasteiger partial charge in [-0.05, 0) is 60.7 Å². The zero-order chi connectivity index (χ0) is 20.4. The predicted molar refractivity (Wildman–Crippen MR) is 115 cm³/mol. The molecule has 0 spiro atoms. The SMILES string of the molecule is COc1ccc(OC)c(C2c3cccn3CCN2C(=S)Nc2cccc(F)c2)c1. The number of nitrogens with one attached hydrogen (secondary N) is 1. The average Bonchev–Trinajstić information content (AvgIpc) is 3.21. The standard InChI is InChI=1S/C22H22FN3O2S/c1-27-17-8-9-20(28-2)18(14-17)21-19-7-4-10-25(19)11-12-26(21)22(29)24-16-6-3-5-15(23)13-16/h3-10,13-14,21H,11-12H2,1-2H3,(H,24,29). The average molecular weight is 412 g/mol. The zero-order valence-electron chi connectivity index (χ0n) is 16.3. The normalized spacial score (nSPS) is 15.6. The molecule has 0 amide bonds. The third-order valence-corrected chi connectivity index (χ3v) is 5.44. The summed E-state index contributed by atoms with van der Waals surface area (Å²) in [6.45, 7) is 1.50. The largest absolute Gasteiger partial charge is 0.497 e. The summed E-state index contributed by atoms with van der Waals surface area (Å²) in [5.41, 5.74) is 2.67. The second-order valence-electron chi connectivity index (χ2n) is 6.77. The van der Waals surface area contributed by atoms with Gasteiger partial charge in [0.15, 0.2) is 5.11 Å². The van der Waals surface area contributed by atoms with Crippen molar-refractivity contribution < 1.29 is 13.9 Å². The van der Waals surface area contributed by atoms with E-state index in [4.69, 9.17) is 21.7 Å². The summed E-state index contributed by atoms with van der Waals surface area (Å²) < 4.78 is 26.9. The van der Waals surface area contributed by atoms with Crippen molar-refractivity contribution in [2.45, 2.75) is 12.6 Å². The molecular formula is C22H22FN3O2S. The molecule has 5 nitrogen and oxygen atoms in total. The van der Waals surface area contributed by atoms with Crippen LogP contribution in [-0.2, 0) is 6.54 Å². The fourth-order valence-corrected chi connectivity index (χ4v) is 4.06. The lowest BCUT2D eigenvalue weighted by Gasteiger charge is -2.39. The van der Waals surface area contributed by atoms with E-state index >= 15 is 0 Å². The van der Waals surface area contributed by atoms with Crippen molar-refractivity contribution in [3.63, 3.8) is 0 Å². The highest BCUT2D eigenvalue weighted by Gasteiger charge is 2.33. The molecule has 150 valence electrons. The maximum absolute atomic E-state index is 13.6. The van der Waals surface area contributed by atoms with Crippen LogP contribution in [0.1, 0.15) is 17.3 Å². The van der Waals surface area contributed by atoms with Crippen molar-refractivity contribution in [3.8, 4) is 11.5 Å². The quantitative estimate of drug-likeness (QED) is 0.643. The monoisotopic (exact) mass is 411 g/mol. The van der Waals surface area contributed by atoms with E-state index < -0.39 is 0 Å². The Morgan fingerprint density at radius 1 is 1.07 bits per heavy atom. The van der Waals surface area contributed by atoms with Crippen LogP contribution < -0.4 is 14.8 Å². The number of nitrogens with zero attached hydrogens (tertiary/aromatic N) is 2. The second kappa shape index (κ2) is 8.13. The smallest absolute Gasteiger partial charge is 0.174 e. The second-order valence-corrected chi connectivity index (χ2v) is 7.16. The van der Waals surface area contributed by atoms with E-state index in [0.29, 0.717) is 17.3 Å². The van der Waals surface area contributed by atoms with Gasteiger partial charge in [-0.1, -0.05) is 6.07 Å². The van der Waals surface area contributed by atoms with Gasteiger partial charge in [0, 0.05) is 36.2 Å². The van der Waals surface area contributed by atoms with Gasteiger partial charge >= 0.3 is 0 Å². The minimum Gasteiger partial charge on any atom is -0.497 e. The molecule has 1 aliphatic rings. The lowest BCUT2D eigenvalue weighted by Crippen LogP contribution is -2.44. The summed E-state index contributed by atoms with van der Waals surface area (Å²) in [6.07, 6.45) is 2.06. The highest BCUT2D eigenvalue weighted by Crippen LogP contribution is 2.39. The van der Waals surface area contributed by atoms with Gasteiger partial charge in [0.25, 0.3) is 0 Å². The lowest BCUT2D eigenvalue weighted by atomic mass is 9.99. The molecule has 0 saturated heterocycles. The van der Waals surface area contributed by atoms with Crippen LogP contribution in [0.4, 0.5) is 10.1 Å². The van der Waals surface area contributed by atoms with Crippen LogP contribution in [0.15, 0.2) is 60.8 Å². The highest BCUT2D eigenvalue weighted by atomic mass is 32.1. The number of halogens is 1. The lowest BCUT2D eigenvalue weighted by molar-refractivity contribution is 0.284. The summed E-state index contributed by atoms with van der Waals surface area (Å²) in [4.78, 5) is 2.10. The molecule has 1 N–H and O–H groups in total. The molecule has 0 aliphatic carbocycles. The minimum absolute atomic E-state index is 0.169. The maximum Gasteiger partial charge on any atom is 0.174 e. The van der Waals surface area contributed by atoms with E-state index in [1.54, 1.807) is 26.4 Å². The number of fused-ring (bicyclic) bond motifs is 1. The Bertz CT molecular complexity index is 1040. The van der Waals surface area contributed by atoms with E-state index in [1.807, 2.05) is 24.3 Å². The van der Waals surface area contributed by atoms with Crippen molar-refractivity contribution in [1.82, 2.24) is 9.47 Å². The van der Waals surface area contributed by atoms with E-state index in [2.05, 4.69) is 27.0 Å². The molecule has 7 heteroatoms. The van der Waals surface area contributed by atoms with Gasteiger partial charge in [-0.2, -0.15) is 0 Å². The summed E-state index contributed by atoms with van der Waals surface area (Å²) >= 11 is 5.73. The molecule has 29 heavy (non-hydrogen) atoms. The molecule has 2 aromatic carbocycles. The van der Waals surface area contributed by atoms with Crippen molar-refractivity contribution in [3.05, 3.63) is 77.9 Å². The number of hydrogen-bond donors (Lipinski definition) is 1. The summed E-state index contributed by atoms with van der Waals surface area (Å²) in [5, 5.41) is 3.70. The molecule has 0 fully saturated rings. The van der Waals surface area contributed by atoms with E-state index in [1.165, 1.54) is 12.1 Å². The summed E-state index contributed by atoms with van der Waals surface area (Å²) in [6, 6.07) is 16.0. The van der Waals surface area contributed by atoms with Crippen molar-refractivity contribution in [2.24, 2.45) is 0 Å². The summed E-state index contributed by atoms with van der Waals surface area (Å²) in [7, 11) is 3.30. The molecule has 1 aromatic heterocycles. The van der Waals surface area contributed by atoms with Crippen molar-refractivity contribution in [1.29, 1.82) is 0 Å². The van der Waals surface area contributed by atoms with E-state index in [-0.39, 0.29) is 11.9 Å². The highest BCUT2D eigenvalue weighted by molar-refractivity contribution is 7.80. The maximum atomic E-state index is 13.6. The number of ether oxygens (including phenoxy) is 2. The first-order valence-electron chi connectivity index (χ1n) is 9.31. The molecule has 0 radical (unpaired) electrons. The first kappa shape index (κ1) is 19.3. The topological polar surface area (TPSA) is 38.7 Å². The van der Waals surface area contributed by atoms with E-state index in [9.17, 15) is 4.39 Å². The number of hydrogen-bond acceptors (Lipinski definition) is 3. The number of methoxy groups -OCH3 is 2. The van der Waals surface area contributed by atoms with Gasteiger partial charge in [-0.3, -0.25) is 0 Å². The van der Waals surface area contributed by atoms with E-state index in [0.717, 1.165) is 29.3 Å². The fourth-order valence-electron chi connectivity index (χ4n) is 3.74. The first-order chi connectivity index (χ1) is 14.1. The van der Waals surface area contributed by atoms with Crippen LogP contribution in [0.2, 0.25) is 0 Å². The Morgan fingerprint density at radius 3 is 2.69 bits per heavy atom. The third kappa shape index (κ3) is 3.78. The van der Waals surface area contributed by atoms with Crippen molar-refractivity contribution in [2.75, 3.05) is 26.1 Å². The molecule has 2 heterocycles. The van der Waals surface area contributed by atoms with Gasteiger partial charge < -0.3 is 24.3 Å². The molecule has 1 atom stereocenters. The zero-order valence-corrected chi connectivity index (χ0v) is 17.1. The Balaban J connectivity index is 1.75.